The number of aromatic nitrogens is 1. The highest BCUT2D eigenvalue weighted by molar-refractivity contribution is 5.79. The summed E-state index contributed by atoms with van der Waals surface area (Å²) in [5.41, 5.74) is 4.47. The van der Waals surface area contributed by atoms with E-state index >= 15 is 0 Å². The van der Waals surface area contributed by atoms with Gasteiger partial charge in [0.1, 0.15) is 5.82 Å². The molecule has 4 rings (SSSR count). The molecule has 0 atom stereocenters. The van der Waals surface area contributed by atoms with Crippen LogP contribution < -0.4 is 10.2 Å². The molecule has 0 saturated heterocycles. The fourth-order valence-corrected chi connectivity index (χ4v) is 4.21. The molecule has 0 spiro atoms. The molecular formula is C28H29N3. The van der Waals surface area contributed by atoms with Crippen molar-refractivity contribution in [2.24, 2.45) is 0 Å². The van der Waals surface area contributed by atoms with Gasteiger partial charge in [0.2, 0.25) is 0 Å². The van der Waals surface area contributed by atoms with Gasteiger partial charge in [-0.15, -0.1) is 0 Å². The molecule has 0 unspecified atom stereocenters. The van der Waals surface area contributed by atoms with Crippen molar-refractivity contribution in [3.63, 3.8) is 0 Å². The van der Waals surface area contributed by atoms with Crippen LogP contribution in [0, 0.1) is 0 Å². The van der Waals surface area contributed by atoms with Crippen molar-refractivity contribution in [2.45, 2.75) is 32.2 Å². The van der Waals surface area contributed by atoms with Gasteiger partial charge in [-0.2, -0.15) is 0 Å². The number of rotatable bonds is 8. The maximum atomic E-state index is 4.55. The fourth-order valence-electron chi connectivity index (χ4n) is 4.21. The predicted octanol–water partition coefficient (Wildman–Crippen LogP) is 7.68. The van der Waals surface area contributed by atoms with Crippen molar-refractivity contribution in [1.82, 2.24) is 4.98 Å². The molecule has 0 fully saturated rings. The molecule has 0 aliphatic rings. The van der Waals surface area contributed by atoms with Gasteiger partial charge in [0.05, 0.1) is 11.2 Å². The Bertz CT molecular complexity index is 1040. The molecule has 4 aromatic rings. The van der Waals surface area contributed by atoms with Crippen LogP contribution in [0.1, 0.15) is 32.3 Å². The molecule has 31 heavy (non-hydrogen) atoms. The third-order valence-electron chi connectivity index (χ3n) is 5.93. The summed E-state index contributed by atoms with van der Waals surface area (Å²) in [5, 5.41) is 3.77. The zero-order chi connectivity index (χ0) is 21.5. The number of hydrogen-bond donors (Lipinski definition) is 1. The van der Waals surface area contributed by atoms with E-state index in [1.165, 1.54) is 11.3 Å². The van der Waals surface area contributed by atoms with E-state index in [-0.39, 0.29) is 5.54 Å². The highest BCUT2D eigenvalue weighted by atomic mass is 15.2. The minimum absolute atomic E-state index is 0.243. The molecule has 1 heterocycles. The molecule has 0 bridgehead atoms. The SMILES string of the molecule is CCC(CC)(Nc1ccccn1)c1ccccc1N(c1ccccc1)c1ccccc1. The summed E-state index contributed by atoms with van der Waals surface area (Å²) in [6, 6.07) is 35.9. The Balaban J connectivity index is 1.89. The molecule has 3 aromatic carbocycles. The molecule has 0 radical (unpaired) electrons. The average Bonchev–Trinajstić information content (AvgIpc) is 2.85. The zero-order valence-electron chi connectivity index (χ0n) is 18.2. The second kappa shape index (κ2) is 9.48. The predicted molar refractivity (Wildman–Crippen MR) is 131 cm³/mol. The normalized spacial score (nSPS) is 11.2. The monoisotopic (exact) mass is 407 g/mol. The molecule has 0 amide bonds. The number of para-hydroxylation sites is 3. The Labute approximate surface area is 185 Å². The number of hydrogen-bond acceptors (Lipinski definition) is 3. The minimum Gasteiger partial charge on any atom is -0.361 e. The van der Waals surface area contributed by atoms with Crippen molar-refractivity contribution in [2.75, 3.05) is 10.2 Å². The van der Waals surface area contributed by atoms with Crippen LogP contribution in [0.2, 0.25) is 0 Å². The fraction of sp³-hybridized carbons (Fsp3) is 0.179. The Kier molecular flexibility index (Phi) is 6.32. The maximum Gasteiger partial charge on any atom is 0.126 e. The van der Waals surface area contributed by atoms with Gasteiger partial charge in [0.25, 0.3) is 0 Å². The Morgan fingerprint density at radius 3 is 1.77 bits per heavy atom. The van der Waals surface area contributed by atoms with E-state index in [9.17, 15) is 0 Å². The van der Waals surface area contributed by atoms with E-state index in [1.54, 1.807) is 0 Å². The van der Waals surface area contributed by atoms with Crippen LogP contribution >= 0.6 is 0 Å². The molecule has 0 saturated carbocycles. The molecule has 156 valence electrons. The molecule has 1 N–H and O–H groups in total. The highest BCUT2D eigenvalue weighted by Crippen LogP contribution is 2.43. The molecular weight excluding hydrogens is 378 g/mol. The standard InChI is InChI=1S/C28H29N3/c1-3-28(4-2,30-27-21-13-14-22-29-27)25-19-11-12-20-26(25)31(23-15-7-5-8-16-23)24-17-9-6-10-18-24/h5-22H,3-4H2,1-2H3,(H,29,30). The lowest BCUT2D eigenvalue weighted by Gasteiger charge is -2.38. The first kappa shape index (κ1) is 20.7. The largest absolute Gasteiger partial charge is 0.361 e. The smallest absolute Gasteiger partial charge is 0.126 e. The van der Waals surface area contributed by atoms with Gasteiger partial charge < -0.3 is 10.2 Å². The van der Waals surface area contributed by atoms with E-state index in [4.69, 9.17) is 0 Å². The number of nitrogens with one attached hydrogen (secondary N) is 1. The zero-order valence-corrected chi connectivity index (χ0v) is 18.2. The lowest BCUT2D eigenvalue weighted by Crippen LogP contribution is -2.35. The number of pyridine rings is 1. The van der Waals surface area contributed by atoms with Crippen LogP contribution in [-0.2, 0) is 5.54 Å². The molecule has 0 aliphatic heterocycles. The molecule has 3 nitrogen and oxygen atoms in total. The Hall–Kier alpha value is -3.59. The third kappa shape index (κ3) is 4.31. The first-order valence-corrected chi connectivity index (χ1v) is 11.0. The Morgan fingerprint density at radius 1 is 0.677 bits per heavy atom. The maximum absolute atomic E-state index is 4.55. The topological polar surface area (TPSA) is 28.2 Å². The summed E-state index contributed by atoms with van der Waals surface area (Å²) in [7, 11) is 0. The van der Waals surface area contributed by atoms with Gasteiger partial charge in [0.15, 0.2) is 0 Å². The van der Waals surface area contributed by atoms with Gasteiger partial charge in [-0.1, -0.05) is 74.5 Å². The van der Waals surface area contributed by atoms with E-state index in [0.717, 1.165) is 30.0 Å². The van der Waals surface area contributed by atoms with E-state index in [1.807, 2.05) is 24.4 Å². The second-order valence-electron chi connectivity index (χ2n) is 7.65. The molecule has 1 aromatic heterocycles. The van der Waals surface area contributed by atoms with Gasteiger partial charge in [0, 0.05) is 23.1 Å². The first-order valence-electron chi connectivity index (χ1n) is 11.0. The summed E-state index contributed by atoms with van der Waals surface area (Å²) in [6.07, 6.45) is 3.72. The lowest BCUT2D eigenvalue weighted by molar-refractivity contribution is 0.454. The van der Waals surface area contributed by atoms with E-state index in [0.29, 0.717) is 0 Å². The molecule has 3 heteroatoms. The first-order chi connectivity index (χ1) is 15.3. The number of benzene rings is 3. The van der Waals surface area contributed by atoms with Gasteiger partial charge in [-0.05, 0) is 55.3 Å². The van der Waals surface area contributed by atoms with Crippen molar-refractivity contribution in [3.05, 3.63) is 115 Å². The van der Waals surface area contributed by atoms with Crippen LogP contribution in [0.15, 0.2) is 109 Å². The second-order valence-corrected chi connectivity index (χ2v) is 7.65. The average molecular weight is 408 g/mol. The van der Waals surface area contributed by atoms with E-state index in [2.05, 4.69) is 114 Å². The van der Waals surface area contributed by atoms with Crippen LogP contribution in [-0.4, -0.2) is 4.98 Å². The highest BCUT2D eigenvalue weighted by Gasteiger charge is 2.33. The van der Waals surface area contributed by atoms with Crippen molar-refractivity contribution < 1.29 is 0 Å². The quantitative estimate of drug-likeness (QED) is 0.325. The van der Waals surface area contributed by atoms with Crippen molar-refractivity contribution in [1.29, 1.82) is 0 Å². The van der Waals surface area contributed by atoms with E-state index < -0.39 is 0 Å². The van der Waals surface area contributed by atoms with Crippen molar-refractivity contribution in [3.8, 4) is 0 Å². The third-order valence-corrected chi connectivity index (χ3v) is 5.93. The van der Waals surface area contributed by atoms with Crippen molar-refractivity contribution >= 4 is 22.9 Å². The summed E-state index contributed by atoms with van der Waals surface area (Å²) < 4.78 is 0. The van der Waals surface area contributed by atoms with Gasteiger partial charge in [-0.3, -0.25) is 0 Å². The lowest BCUT2D eigenvalue weighted by atomic mass is 9.83. The van der Waals surface area contributed by atoms with Crippen LogP contribution in [0.4, 0.5) is 22.9 Å². The molecule has 0 aliphatic carbocycles. The van der Waals surface area contributed by atoms with Crippen LogP contribution in [0.3, 0.4) is 0 Å². The Morgan fingerprint density at radius 2 is 1.23 bits per heavy atom. The summed E-state index contributed by atoms with van der Waals surface area (Å²) in [6.45, 7) is 4.48. The van der Waals surface area contributed by atoms with Gasteiger partial charge in [-0.25, -0.2) is 4.98 Å². The number of nitrogens with zero attached hydrogens (tertiary/aromatic N) is 2. The number of anilines is 4. The van der Waals surface area contributed by atoms with Crippen LogP contribution in [0.5, 0.6) is 0 Å². The van der Waals surface area contributed by atoms with Gasteiger partial charge >= 0.3 is 0 Å². The summed E-state index contributed by atoms with van der Waals surface area (Å²) >= 11 is 0. The minimum atomic E-state index is -0.243. The van der Waals surface area contributed by atoms with Crippen LogP contribution in [0.25, 0.3) is 0 Å². The summed E-state index contributed by atoms with van der Waals surface area (Å²) in [4.78, 5) is 6.89. The summed E-state index contributed by atoms with van der Waals surface area (Å²) in [5.74, 6) is 0.895.